The Kier molecular flexibility index (Phi) is 5.29. The van der Waals surface area contributed by atoms with Crippen LogP contribution in [0.1, 0.15) is 38.7 Å². The molecule has 2 atom stereocenters. The summed E-state index contributed by atoms with van der Waals surface area (Å²) in [4.78, 5) is 12.6. The molecule has 0 spiro atoms. The van der Waals surface area contributed by atoms with Gasteiger partial charge in [-0.3, -0.25) is 4.79 Å². The zero-order chi connectivity index (χ0) is 19.9. The van der Waals surface area contributed by atoms with E-state index >= 15 is 0 Å². The fraction of sp³-hybridized carbons (Fsp3) is 0.650. The second-order valence-electron chi connectivity index (χ2n) is 8.26. The number of methoxy groups -OCH3 is 2. The number of benzene rings is 1. The van der Waals surface area contributed by atoms with Crippen LogP contribution in [0.3, 0.4) is 0 Å². The number of ketones is 1. The van der Waals surface area contributed by atoms with Gasteiger partial charge in [-0.25, -0.2) is 13.1 Å². The molecule has 150 valence electrons. The molecule has 1 aromatic rings. The van der Waals surface area contributed by atoms with Gasteiger partial charge < -0.3 is 9.47 Å². The molecule has 0 amide bonds. The highest BCUT2D eigenvalue weighted by Gasteiger charge is 2.65. The summed E-state index contributed by atoms with van der Waals surface area (Å²) < 4.78 is 38.6. The molecule has 2 bridgehead atoms. The van der Waals surface area contributed by atoms with Gasteiger partial charge in [0, 0.05) is 18.4 Å². The maximum Gasteiger partial charge on any atom is 0.212 e. The summed E-state index contributed by atoms with van der Waals surface area (Å²) in [5.74, 6) is 1.58. The molecule has 1 aromatic carbocycles. The number of ether oxygens (including phenoxy) is 2. The van der Waals surface area contributed by atoms with E-state index in [2.05, 4.69) is 18.6 Å². The van der Waals surface area contributed by atoms with Crippen molar-refractivity contribution >= 4 is 15.8 Å². The Hall–Kier alpha value is -1.60. The average Bonchev–Trinajstić information content (AvgIpc) is 2.95. The molecule has 0 heterocycles. The van der Waals surface area contributed by atoms with E-state index in [1.165, 1.54) is 0 Å². The minimum absolute atomic E-state index is 0.103. The van der Waals surface area contributed by atoms with Crippen LogP contribution in [0.5, 0.6) is 11.5 Å². The van der Waals surface area contributed by atoms with E-state index in [1.54, 1.807) is 20.3 Å². The van der Waals surface area contributed by atoms with Crippen LogP contribution in [-0.2, 0) is 21.2 Å². The molecule has 2 saturated carbocycles. The molecule has 0 unspecified atom stereocenters. The van der Waals surface area contributed by atoms with Gasteiger partial charge in [-0.05, 0) is 48.3 Å². The summed E-state index contributed by atoms with van der Waals surface area (Å²) >= 11 is 0. The average molecular weight is 396 g/mol. The fourth-order valence-electron chi connectivity index (χ4n) is 4.87. The normalized spacial score (nSPS) is 26.4. The standard InChI is InChI=1S/C20H29NO5S/c1-19(2)15-7-9-20(19,18(22)12-15)13-27(23,24)21-10-8-14-5-6-16(25-3)17(11-14)26-4/h5-6,11,15,21H,7-10,12-13H2,1-4H3/t15-,20-/m1/s1. The number of Topliss-reactive ketones (excluding diaryl/α,β-unsaturated/α-hetero) is 1. The van der Waals surface area contributed by atoms with Crippen molar-refractivity contribution in [1.29, 1.82) is 0 Å². The van der Waals surface area contributed by atoms with E-state index in [-0.39, 0.29) is 23.5 Å². The first kappa shape index (κ1) is 20.1. The Bertz CT molecular complexity index is 833. The van der Waals surface area contributed by atoms with Gasteiger partial charge in [-0.15, -0.1) is 0 Å². The summed E-state index contributed by atoms with van der Waals surface area (Å²) in [5.41, 5.74) is -0.0265. The lowest BCUT2D eigenvalue weighted by Gasteiger charge is -2.36. The van der Waals surface area contributed by atoms with Crippen LogP contribution < -0.4 is 14.2 Å². The smallest absolute Gasteiger partial charge is 0.212 e. The lowest BCUT2D eigenvalue weighted by Crippen LogP contribution is -2.45. The van der Waals surface area contributed by atoms with Crippen molar-refractivity contribution in [2.45, 2.75) is 39.5 Å². The highest BCUT2D eigenvalue weighted by molar-refractivity contribution is 7.89. The van der Waals surface area contributed by atoms with Crippen LogP contribution in [0.15, 0.2) is 18.2 Å². The summed E-state index contributed by atoms with van der Waals surface area (Å²) in [7, 11) is -0.396. The third kappa shape index (κ3) is 3.47. The first-order valence-electron chi connectivity index (χ1n) is 9.37. The van der Waals surface area contributed by atoms with Gasteiger partial charge in [0.2, 0.25) is 10.0 Å². The molecule has 2 aliphatic carbocycles. The van der Waals surface area contributed by atoms with Crippen molar-refractivity contribution in [2.75, 3.05) is 26.5 Å². The maximum absolute atomic E-state index is 12.7. The molecule has 2 aliphatic rings. The summed E-state index contributed by atoms with van der Waals surface area (Å²) in [6, 6.07) is 5.54. The first-order valence-corrected chi connectivity index (χ1v) is 11.0. The number of carbonyl (C=O) groups is 1. The summed E-state index contributed by atoms with van der Waals surface area (Å²) in [6.07, 6.45) is 2.68. The van der Waals surface area contributed by atoms with Crippen molar-refractivity contribution in [2.24, 2.45) is 16.7 Å². The van der Waals surface area contributed by atoms with Crippen molar-refractivity contribution in [3.8, 4) is 11.5 Å². The zero-order valence-corrected chi connectivity index (χ0v) is 17.3. The number of rotatable bonds is 8. The fourth-order valence-corrected chi connectivity index (χ4v) is 6.71. The van der Waals surface area contributed by atoms with Crippen molar-refractivity contribution in [3.63, 3.8) is 0 Å². The Labute approximate surface area is 161 Å². The number of fused-ring (bicyclic) bond motifs is 2. The van der Waals surface area contributed by atoms with Crippen LogP contribution in [0.25, 0.3) is 0 Å². The Balaban J connectivity index is 1.64. The minimum atomic E-state index is -3.54. The lowest BCUT2D eigenvalue weighted by atomic mass is 9.70. The maximum atomic E-state index is 12.7. The molecule has 0 saturated heterocycles. The predicted octanol–water partition coefficient (Wildman–Crippen LogP) is 2.56. The van der Waals surface area contributed by atoms with E-state index in [9.17, 15) is 13.2 Å². The first-order chi connectivity index (χ1) is 12.6. The lowest BCUT2D eigenvalue weighted by molar-refractivity contribution is -0.128. The van der Waals surface area contributed by atoms with E-state index in [0.29, 0.717) is 36.7 Å². The zero-order valence-electron chi connectivity index (χ0n) is 16.5. The Morgan fingerprint density at radius 2 is 1.89 bits per heavy atom. The van der Waals surface area contributed by atoms with Gasteiger partial charge >= 0.3 is 0 Å². The molecular weight excluding hydrogens is 366 g/mol. The summed E-state index contributed by atoms with van der Waals surface area (Å²) in [6.45, 7) is 4.38. The largest absolute Gasteiger partial charge is 0.493 e. The van der Waals surface area contributed by atoms with Crippen LogP contribution in [0, 0.1) is 16.7 Å². The highest BCUT2D eigenvalue weighted by Crippen LogP contribution is 2.64. The van der Waals surface area contributed by atoms with Crippen molar-refractivity contribution < 1.29 is 22.7 Å². The predicted molar refractivity (Wildman–Crippen MR) is 104 cm³/mol. The van der Waals surface area contributed by atoms with Gasteiger partial charge in [0.05, 0.1) is 20.0 Å². The third-order valence-electron chi connectivity index (χ3n) is 6.76. The molecule has 0 aliphatic heterocycles. The molecule has 1 N–H and O–H groups in total. The van der Waals surface area contributed by atoms with E-state index in [4.69, 9.17) is 9.47 Å². The van der Waals surface area contributed by atoms with Crippen molar-refractivity contribution in [1.82, 2.24) is 4.72 Å². The van der Waals surface area contributed by atoms with Gasteiger partial charge in [-0.1, -0.05) is 19.9 Å². The minimum Gasteiger partial charge on any atom is -0.493 e. The Morgan fingerprint density at radius 3 is 2.44 bits per heavy atom. The molecular formula is C20H29NO5S. The van der Waals surface area contributed by atoms with Crippen molar-refractivity contribution in [3.05, 3.63) is 23.8 Å². The number of hydrogen-bond acceptors (Lipinski definition) is 5. The molecule has 7 heteroatoms. The molecule has 6 nitrogen and oxygen atoms in total. The van der Waals surface area contributed by atoms with Crippen LogP contribution >= 0.6 is 0 Å². The molecule has 0 radical (unpaired) electrons. The quantitative estimate of drug-likeness (QED) is 0.732. The monoisotopic (exact) mass is 395 g/mol. The number of hydrogen-bond donors (Lipinski definition) is 1. The van der Waals surface area contributed by atoms with Gasteiger partial charge in [-0.2, -0.15) is 0 Å². The SMILES string of the molecule is COc1ccc(CCNS(=O)(=O)C[C@]23CC[C@H](CC2=O)C3(C)C)cc1OC. The van der Waals surface area contributed by atoms with E-state index in [1.807, 2.05) is 12.1 Å². The molecule has 0 aromatic heterocycles. The third-order valence-corrected chi connectivity index (χ3v) is 8.28. The summed E-state index contributed by atoms with van der Waals surface area (Å²) in [5, 5.41) is 0. The van der Waals surface area contributed by atoms with E-state index in [0.717, 1.165) is 12.0 Å². The van der Waals surface area contributed by atoms with Gasteiger partial charge in [0.15, 0.2) is 11.5 Å². The van der Waals surface area contributed by atoms with Crippen LogP contribution in [0.4, 0.5) is 0 Å². The van der Waals surface area contributed by atoms with Crippen LogP contribution in [0.2, 0.25) is 0 Å². The van der Waals surface area contributed by atoms with Crippen LogP contribution in [-0.4, -0.2) is 40.7 Å². The van der Waals surface area contributed by atoms with E-state index < -0.39 is 15.4 Å². The topological polar surface area (TPSA) is 81.7 Å². The highest BCUT2D eigenvalue weighted by atomic mass is 32.2. The molecule has 27 heavy (non-hydrogen) atoms. The second kappa shape index (κ2) is 7.09. The molecule has 2 fully saturated rings. The Morgan fingerprint density at radius 1 is 1.19 bits per heavy atom. The molecule has 3 rings (SSSR count). The number of carbonyl (C=O) groups excluding carboxylic acids is 1. The number of sulfonamides is 1. The number of nitrogens with one attached hydrogen (secondary N) is 1. The van der Waals surface area contributed by atoms with Gasteiger partial charge in [0.25, 0.3) is 0 Å². The van der Waals surface area contributed by atoms with Gasteiger partial charge in [0.1, 0.15) is 5.78 Å². The second-order valence-corrected chi connectivity index (χ2v) is 10.1.